The van der Waals surface area contributed by atoms with Gasteiger partial charge in [0.1, 0.15) is 0 Å². The summed E-state index contributed by atoms with van der Waals surface area (Å²) in [7, 11) is 0. The number of hydrogen-bond donors (Lipinski definition) is 0. The van der Waals surface area contributed by atoms with Crippen molar-refractivity contribution in [2.45, 2.75) is 12.6 Å². The van der Waals surface area contributed by atoms with Crippen molar-refractivity contribution >= 4 is 5.91 Å². The molecule has 5 heteroatoms. The Balaban J connectivity index is 2.13. The standard InChI is InChI=1S/C12H12FN3O/c13-11(10-5-2-1-3-6-10)12(17)16-8-4-7-15(16)9-14/h1-3,5-6,11H,4,7-8H2. The number of nitrogens with zero attached hydrogens (tertiary/aromatic N) is 3. The van der Waals surface area contributed by atoms with Crippen LogP contribution in [0.3, 0.4) is 0 Å². The van der Waals surface area contributed by atoms with Crippen LogP contribution in [0.4, 0.5) is 4.39 Å². The van der Waals surface area contributed by atoms with Gasteiger partial charge in [-0.3, -0.25) is 4.79 Å². The van der Waals surface area contributed by atoms with Gasteiger partial charge in [0.15, 0.2) is 6.19 Å². The van der Waals surface area contributed by atoms with Crippen LogP contribution in [0.2, 0.25) is 0 Å². The molecule has 1 aromatic carbocycles. The van der Waals surface area contributed by atoms with Crippen LogP contribution in [-0.4, -0.2) is 29.0 Å². The molecule has 1 unspecified atom stereocenters. The Kier molecular flexibility index (Phi) is 3.24. The Morgan fingerprint density at radius 3 is 2.71 bits per heavy atom. The van der Waals surface area contributed by atoms with E-state index in [4.69, 9.17) is 5.26 Å². The maximum absolute atomic E-state index is 14.0. The number of carbonyl (C=O) groups is 1. The number of benzene rings is 1. The van der Waals surface area contributed by atoms with Gasteiger partial charge < -0.3 is 0 Å². The number of carbonyl (C=O) groups excluding carboxylic acids is 1. The van der Waals surface area contributed by atoms with E-state index in [0.29, 0.717) is 25.1 Å². The summed E-state index contributed by atoms with van der Waals surface area (Å²) in [5, 5.41) is 11.2. The average molecular weight is 233 g/mol. The summed E-state index contributed by atoms with van der Waals surface area (Å²) in [5.41, 5.74) is 0.322. The van der Waals surface area contributed by atoms with Crippen molar-refractivity contribution in [1.82, 2.24) is 10.0 Å². The van der Waals surface area contributed by atoms with Crippen LogP contribution in [0, 0.1) is 11.5 Å². The monoisotopic (exact) mass is 233 g/mol. The van der Waals surface area contributed by atoms with Crippen LogP contribution in [0.1, 0.15) is 18.2 Å². The first-order valence-corrected chi connectivity index (χ1v) is 5.41. The molecule has 0 radical (unpaired) electrons. The first-order chi connectivity index (χ1) is 8.24. The van der Waals surface area contributed by atoms with Crippen molar-refractivity contribution in [2.75, 3.05) is 13.1 Å². The summed E-state index contributed by atoms with van der Waals surface area (Å²) in [6.45, 7) is 0.878. The molecule has 1 aliphatic rings. The lowest BCUT2D eigenvalue weighted by Crippen LogP contribution is -2.40. The molecule has 0 spiro atoms. The summed E-state index contributed by atoms with van der Waals surface area (Å²) in [6, 6.07) is 8.26. The SMILES string of the molecule is N#CN1CCCN1C(=O)C(F)c1ccccc1. The van der Waals surface area contributed by atoms with Crippen LogP contribution >= 0.6 is 0 Å². The van der Waals surface area contributed by atoms with Gasteiger partial charge in [-0.15, -0.1) is 0 Å². The van der Waals surface area contributed by atoms with Gasteiger partial charge in [0, 0.05) is 6.54 Å². The number of nitriles is 1. The molecule has 17 heavy (non-hydrogen) atoms. The van der Waals surface area contributed by atoms with Gasteiger partial charge in [0.05, 0.1) is 6.54 Å². The molecule has 2 rings (SSSR count). The first kappa shape index (κ1) is 11.4. The smallest absolute Gasteiger partial charge is 0.269 e. The fraction of sp³-hybridized carbons (Fsp3) is 0.333. The number of alkyl halides is 1. The predicted octanol–water partition coefficient (Wildman–Crippen LogP) is 1.63. The van der Waals surface area contributed by atoms with Gasteiger partial charge >= 0.3 is 0 Å². The number of hydrazine groups is 1. The minimum atomic E-state index is -1.70. The zero-order chi connectivity index (χ0) is 12.3. The quantitative estimate of drug-likeness (QED) is 0.729. The largest absolute Gasteiger partial charge is 0.280 e. The molecule has 0 bridgehead atoms. The van der Waals surface area contributed by atoms with Crippen LogP contribution in [-0.2, 0) is 4.79 Å². The van der Waals surface area contributed by atoms with Crippen molar-refractivity contribution in [3.8, 4) is 6.19 Å². The molecule has 1 aromatic rings. The second kappa shape index (κ2) is 4.83. The van der Waals surface area contributed by atoms with Crippen molar-refractivity contribution in [1.29, 1.82) is 5.26 Å². The molecule has 1 aliphatic heterocycles. The van der Waals surface area contributed by atoms with E-state index < -0.39 is 12.1 Å². The highest BCUT2D eigenvalue weighted by Gasteiger charge is 2.32. The Morgan fingerprint density at radius 2 is 2.06 bits per heavy atom. The normalized spacial score (nSPS) is 16.7. The molecule has 1 amide bonds. The van der Waals surface area contributed by atoms with Gasteiger partial charge in [0.25, 0.3) is 5.91 Å². The number of halogens is 1. The average Bonchev–Trinajstić information content (AvgIpc) is 2.86. The highest BCUT2D eigenvalue weighted by atomic mass is 19.1. The molecule has 1 heterocycles. The highest BCUT2D eigenvalue weighted by molar-refractivity contribution is 5.82. The van der Waals surface area contributed by atoms with Crippen LogP contribution in [0.5, 0.6) is 0 Å². The second-order valence-corrected chi connectivity index (χ2v) is 3.81. The Morgan fingerprint density at radius 1 is 1.35 bits per heavy atom. The van der Waals surface area contributed by atoms with E-state index >= 15 is 0 Å². The Hall–Kier alpha value is -2.09. The van der Waals surface area contributed by atoms with Gasteiger partial charge in [-0.25, -0.2) is 14.4 Å². The lowest BCUT2D eigenvalue weighted by atomic mass is 10.1. The summed E-state index contributed by atoms with van der Waals surface area (Å²) in [6.07, 6.45) is 0.865. The van der Waals surface area contributed by atoms with E-state index in [2.05, 4.69) is 0 Å². The molecule has 0 N–H and O–H groups in total. The molecular formula is C12H12FN3O. The molecule has 1 saturated heterocycles. The molecule has 1 atom stereocenters. The van der Waals surface area contributed by atoms with Gasteiger partial charge in [-0.05, 0) is 12.0 Å². The van der Waals surface area contributed by atoms with E-state index in [1.165, 1.54) is 10.0 Å². The van der Waals surface area contributed by atoms with E-state index in [0.717, 1.165) is 0 Å². The number of amides is 1. The minimum absolute atomic E-state index is 0.322. The number of rotatable bonds is 2. The number of hydrogen-bond acceptors (Lipinski definition) is 3. The topological polar surface area (TPSA) is 47.3 Å². The lowest BCUT2D eigenvalue weighted by Gasteiger charge is -2.24. The van der Waals surface area contributed by atoms with Crippen molar-refractivity contribution in [3.05, 3.63) is 35.9 Å². The third-order valence-corrected chi connectivity index (χ3v) is 2.71. The zero-order valence-corrected chi connectivity index (χ0v) is 9.21. The maximum atomic E-state index is 14.0. The molecular weight excluding hydrogens is 221 g/mol. The summed E-state index contributed by atoms with van der Waals surface area (Å²) < 4.78 is 14.0. The molecule has 0 aliphatic carbocycles. The van der Waals surface area contributed by atoms with Crippen molar-refractivity contribution in [2.24, 2.45) is 0 Å². The Bertz CT molecular complexity index is 443. The van der Waals surface area contributed by atoms with Crippen molar-refractivity contribution in [3.63, 3.8) is 0 Å². The molecule has 1 fully saturated rings. The van der Waals surface area contributed by atoms with Crippen molar-refractivity contribution < 1.29 is 9.18 Å². The summed E-state index contributed by atoms with van der Waals surface area (Å²) in [5.74, 6) is -0.671. The summed E-state index contributed by atoms with van der Waals surface area (Å²) in [4.78, 5) is 11.9. The zero-order valence-electron chi connectivity index (χ0n) is 9.21. The fourth-order valence-corrected chi connectivity index (χ4v) is 1.84. The predicted molar refractivity (Wildman–Crippen MR) is 58.9 cm³/mol. The van der Waals surface area contributed by atoms with Crippen LogP contribution in [0.25, 0.3) is 0 Å². The third-order valence-electron chi connectivity index (χ3n) is 2.71. The molecule has 0 aromatic heterocycles. The maximum Gasteiger partial charge on any atom is 0.280 e. The van der Waals surface area contributed by atoms with Crippen LogP contribution in [0.15, 0.2) is 30.3 Å². The van der Waals surface area contributed by atoms with Crippen LogP contribution < -0.4 is 0 Å². The highest BCUT2D eigenvalue weighted by Crippen LogP contribution is 2.22. The molecule has 88 valence electrons. The van der Waals surface area contributed by atoms with E-state index in [9.17, 15) is 9.18 Å². The molecule has 0 saturated carbocycles. The fourth-order valence-electron chi connectivity index (χ4n) is 1.84. The van der Waals surface area contributed by atoms with E-state index in [1.807, 2.05) is 6.19 Å². The third kappa shape index (κ3) is 2.21. The molecule has 4 nitrogen and oxygen atoms in total. The lowest BCUT2D eigenvalue weighted by molar-refractivity contribution is -0.145. The Labute approximate surface area is 98.8 Å². The van der Waals surface area contributed by atoms with E-state index in [1.54, 1.807) is 30.3 Å². The first-order valence-electron chi connectivity index (χ1n) is 5.41. The van der Waals surface area contributed by atoms with Gasteiger partial charge in [-0.2, -0.15) is 5.26 Å². The van der Waals surface area contributed by atoms with E-state index in [-0.39, 0.29) is 0 Å². The minimum Gasteiger partial charge on any atom is -0.269 e. The van der Waals surface area contributed by atoms with Gasteiger partial charge in [-0.1, -0.05) is 30.3 Å². The summed E-state index contributed by atoms with van der Waals surface area (Å²) >= 11 is 0. The van der Waals surface area contributed by atoms with Gasteiger partial charge in [0.2, 0.25) is 6.17 Å². The second-order valence-electron chi connectivity index (χ2n) is 3.81.